The number of nitrogens with one attached hydrogen (secondary N) is 3. The Bertz CT molecular complexity index is 374. The maximum absolute atomic E-state index is 11.0. The third-order valence-electron chi connectivity index (χ3n) is 1.61. The molecule has 6 nitrogen and oxygen atoms in total. The molecule has 0 saturated carbocycles. The summed E-state index contributed by atoms with van der Waals surface area (Å²) < 4.78 is 1.60. The first kappa shape index (κ1) is 9.72. The second-order valence-electron chi connectivity index (χ2n) is 2.44. The smallest absolute Gasteiger partial charge is 0.342 e. The lowest BCUT2D eigenvalue weighted by Gasteiger charge is -1.98. The number of aromatic nitrogens is 3. The summed E-state index contributed by atoms with van der Waals surface area (Å²) in [5.41, 5.74) is -0.325. The quantitative estimate of drug-likeness (QED) is 0.571. The van der Waals surface area contributed by atoms with Crippen molar-refractivity contribution in [1.29, 1.82) is 0 Å². The molecular weight excluding hydrogens is 192 g/mol. The van der Waals surface area contributed by atoms with E-state index in [9.17, 15) is 9.59 Å². The third-order valence-corrected chi connectivity index (χ3v) is 1.93. The second kappa shape index (κ2) is 4.04. The van der Waals surface area contributed by atoms with E-state index in [2.05, 4.69) is 15.5 Å². The average molecular weight is 202 g/mol. The first-order valence-electron chi connectivity index (χ1n) is 3.73. The molecule has 0 aliphatic rings. The molecular formula is C6H10N4O2S. The van der Waals surface area contributed by atoms with Crippen LogP contribution in [0.2, 0.25) is 0 Å². The average Bonchev–Trinajstić information content (AvgIpc) is 2.43. The van der Waals surface area contributed by atoms with Crippen molar-refractivity contribution in [2.24, 2.45) is 0 Å². The van der Waals surface area contributed by atoms with Gasteiger partial charge in [-0.25, -0.2) is 9.89 Å². The highest BCUT2D eigenvalue weighted by Gasteiger charge is 2.02. The van der Waals surface area contributed by atoms with Crippen molar-refractivity contribution >= 4 is 18.1 Å². The summed E-state index contributed by atoms with van der Waals surface area (Å²) in [6, 6.07) is 0. The van der Waals surface area contributed by atoms with Crippen molar-refractivity contribution < 1.29 is 4.79 Å². The highest BCUT2D eigenvalue weighted by Crippen LogP contribution is 1.86. The predicted octanol–water partition coefficient (Wildman–Crippen LogP) is -0.630. The van der Waals surface area contributed by atoms with Crippen molar-refractivity contribution in [3.05, 3.63) is 15.3 Å². The van der Waals surface area contributed by atoms with Gasteiger partial charge in [-0.3, -0.25) is 14.5 Å². The van der Waals surface area contributed by atoms with Gasteiger partial charge in [0.1, 0.15) is 0 Å². The highest BCUT2D eigenvalue weighted by atomic mass is 32.1. The number of hydrogen-bond donors (Lipinski definition) is 3. The summed E-state index contributed by atoms with van der Waals surface area (Å²) in [5, 5.41) is 7.27. The zero-order valence-electron chi connectivity index (χ0n) is 7.09. The predicted molar refractivity (Wildman–Crippen MR) is 48.9 cm³/mol. The number of carbonyl (C=O) groups is 1. The van der Waals surface area contributed by atoms with Gasteiger partial charge in [0.2, 0.25) is 5.91 Å². The van der Waals surface area contributed by atoms with Gasteiger partial charge >= 0.3 is 5.69 Å². The lowest BCUT2D eigenvalue weighted by molar-refractivity contribution is -0.120. The highest BCUT2D eigenvalue weighted by molar-refractivity contribution is 7.71. The summed E-state index contributed by atoms with van der Waals surface area (Å²) in [6.45, 7) is 0.289. The van der Waals surface area contributed by atoms with E-state index >= 15 is 0 Å². The van der Waals surface area contributed by atoms with E-state index in [0.717, 1.165) is 0 Å². The molecule has 0 aliphatic heterocycles. The van der Waals surface area contributed by atoms with Gasteiger partial charge in [-0.05, 0) is 12.2 Å². The number of H-pyrrole nitrogens is 2. The maximum atomic E-state index is 11.0. The van der Waals surface area contributed by atoms with Crippen molar-refractivity contribution in [2.75, 3.05) is 7.05 Å². The van der Waals surface area contributed by atoms with Crippen molar-refractivity contribution in [3.8, 4) is 0 Å². The fourth-order valence-electron chi connectivity index (χ4n) is 0.876. The minimum atomic E-state index is -0.325. The van der Waals surface area contributed by atoms with Gasteiger partial charge in [-0.2, -0.15) is 0 Å². The van der Waals surface area contributed by atoms with Gasteiger partial charge in [-0.15, -0.1) is 0 Å². The normalized spacial score (nSPS) is 9.92. The summed E-state index contributed by atoms with van der Waals surface area (Å²) in [5.74, 6) is -0.123. The van der Waals surface area contributed by atoms with Gasteiger partial charge in [0, 0.05) is 20.0 Å². The maximum Gasteiger partial charge on any atom is 0.342 e. The number of hydrogen-bond acceptors (Lipinski definition) is 3. The van der Waals surface area contributed by atoms with Gasteiger partial charge in [0.05, 0.1) is 0 Å². The molecule has 7 heteroatoms. The van der Waals surface area contributed by atoms with E-state index in [1.165, 1.54) is 4.57 Å². The molecule has 0 unspecified atom stereocenters. The molecule has 1 aromatic rings. The Hall–Kier alpha value is -1.37. The first-order valence-corrected chi connectivity index (χ1v) is 4.14. The van der Waals surface area contributed by atoms with Crippen LogP contribution in [-0.2, 0) is 11.3 Å². The van der Waals surface area contributed by atoms with Crippen LogP contribution in [0.1, 0.15) is 6.42 Å². The van der Waals surface area contributed by atoms with Crippen LogP contribution in [0.4, 0.5) is 0 Å². The van der Waals surface area contributed by atoms with Crippen LogP contribution in [0.25, 0.3) is 0 Å². The van der Waals surface area contributed by atoms with E-state index in [1.807, 2.05) is 0 Å². The largest absolute Gasteiger partial charge is 0.359 e. The third kappa shape index (κ3) is 2.28. The fourth-order valence-corrected chi connectivity index (χ4v) is 1.10. The zero-order chi connectivity index (χ0) is 9.84. The fraction of sp³-hybridized carbons (Fsp3) is 0.500. The molecule has 1 amide bonds. The van der Waals surface area contributed by atoms with Gasteiger partial charge in [0.15, 0.2) is 4.77 Å². The van der Waals surface area contributed by atoms with Crippen LogP contribution < -0.4 is 11.0 Å². The van der Waals surface area contributed by atoms with E-state index in [4.69, 9.17) is 12.2 Å². The van der Waals surface area contributed by atoms with E-state index in [0.29, 0.717) is 4.77 Å². The lowest BCUT2D eigenvalue weighted by Crippen LogP contribution is -2.23. The minimum absolute atomic E-state index is 0.123. The summed E-state index contributed by atoms with van der Waals surface area (Å²) in [4.78, 5) is 21.9. The SMILES string of the molecule is CNC(=O)CCn1c(=O)[nH][nH]c1=S. The molecule has 0 aliphatic carbocycles. The Labute approximate surface area is 78.9 Å². The number of amides is 1. The van der Waals surface area contributed by atoms with Crippen LogP contribution in [0.5, 0.6) is 0 Å². The molecule has 0 atom stereocenters. The van der Waals surface area contributed by atoms with Crippen LogP contribution in [-0.4, -0.2) is 27.7 Å². The van der Waals surface area contributed by atoms with E-state index in [1.54, 1.807) is 7.05 Å². The van der Waals surface area contributed by atoms with E-state index < -0.39 is 0 Å². The molecule has 3 N–H and O–H groups in total. The second-order valence-corrected chi connectivity index (χ2v) is 2.82. The van der Waals surface area contributed by atoms with Crippen LogP contribution >= 0.6 is 12.2 Å². The zero-order valence-corrected chi connectivity index (χ0v) is 7.90. The van der Waals surface area contributed by atoms with Crippen LogP contribution in [0, 0.1) is 4.77 Å². The number of rotatable bonds is 3. The Morgan fingerprint density at radius 1 is 1.62 bits per heavy atom. The molecule has 0 radical (unpaired) electrons. The van der Waals surface area contributed by atoms with Gasteiger partial charge in [-0.1, -0.05) is 0 Å². The number of aromatic amines is 2. The summed E-state index contributed by atoms with van der Waals surface area (Å²) in [7, 11) is 1.54. The molecule has 72 valence electrons. The molecule has 0 fully saturated rings. The topological polar surface area (TPSA) is 82.7 Å². The number of nitrogens with zero attached hydrogens (tertiary/aromatic N) is 1. The minimum Gasteiger partial charge on any atom is -0.359 e. The monoisotopic (exact) mass is 202 g/mol. The first-order chi connectivity index (χ1) is 6.15. The Morgan fingerprint density at radius 2 is 2.31 bits per heavy atom. The molecule has 13 heavy (non-hydrogen) atoms. The molecule has 0 spiro atoms. The van der Waals surface area contributed by atoms with E-state index in [-0.39, 0.29) is 24.6 Å². The van der Waals surface area contributed by atoms with Crippen LogP contribution in [0.3, 0.4) is 0 Å². The van der Waals surface area contributed by atoms with Crippen molar-refractivity contribution in [2.45, 2.75) is 13.0 Å². The Balaban J connectivity index is 2.70. The lowest BCUT2D eigenvalue weighted by atomic mass is 10.4. The molecule has 1 heterocycles. The summed E-state index contributed by atoms with van der Waals surface area (Å²) in [6.07, 6.45) is 0.242. The van der Waals surface area contributed by atoms with Crippen molar-refractivity contribution in [3.63, 3.8) is 0 Å². The Kier molecular flexibility index (Phi) is 3.02. The summed E-state index contributed by atoms with van der Waals surface area (Å²) >= 11 is 4.81. The molecule has 0 bridgehead atoms. The number of carbonyl (C=O) groups excluding carboxylic acids is 1. The molecule has 1 rings (SSSR count). The molecule has 0 saturated heterocycles. The van der Waals surface area contributed by atoms with Crippen molar-refractivity contribution in [1.82, 2.24) is 20.1 Å². The van der Waals surface area contributed by atoms with Gasteiger partial charge in [0.25, 0.3) is 0 Å². The Morgan fingerprint density at radius 3 is 2.77 bits per heavy atom. The van der Waals surface area contributed by atoms with Gasteiger partial charge < -0.3 is 5.32 Å². The molecule has 0 aromatic carbocycles. The standard InChI is InChI=1S/C6H10N4O2S/c1-7-4(11)2-3-10-5(12)8-9-6(10)13/h2-3H2,1H3,(H,7,11)(H,8,12)(H,9,13). The van der Waals surface area contributed by atoms with Crippen LogP contribution in [0.15, 0.2) is 4.79 Å². The molecule has 1 aromatic heterocycles.